The lowest BCUT2D eigenvalue weighted by Crippen LogP contribution is -2.52. The van der Waals surface area contributed by atoms with Gasteiger partial charge in [0.15, 0.2) is 5.58 Å². The van der Waals surface area contributed by atoms with Crippen molar-refractivity contribution >= 4 is 35.1 Å². The van der Waals surface area contributed by atoms with Gasteiger partial charge in [0, 0.05) is 25.1 Å². The van der Waals surface area contributed by atoms with E-state index in [2.05, 4.69) is 15.7 Å². The molecule has 9 heteroatoms. The topological polar surface area (TPSA) is 94.1 Å². The van der Waals surface area contributed by atoms with Crippen molar-refractivity contribution in [3.63, 3.8) is 0 Å². The van der Waals surface area contributed by atoms with Crippen molar-refractivity contribution in [3.05, 3.63) is 47.2 Å². The summed E-state index contributed by atoms with van der Waals surface area (Å²) in [5.41, 5.74) is 1.04. The molecule has 138 valence electrons. The van der Waals surface area contributed by atoms with E-state index >= 15 is 0 Å². The second kappa shape index (κ2) is 6.97. The predicted molar refractivity (Wildman–Crippen MR) is 99.6 cm³/mol. The second-order valence-electron chi connectivity index (χ2n) is 6.30. The molecule has 2 N–H and O–H groups in total. The van der Waals surface area contributed by atoms with Crippen LogP contribution in [0.25, 0.3) is 11.1 Å². The Morgan fingerprint density at radius 2 is 2.12 bits per heavy atom. The highest BCUT2D eigenvalue weighted by Crippen LogP contribution is 2.29. The van der Waals surface area contributed by atoms with E-state index in [0.29, 0.717) is 29.6 Å². The van der Waals surface area contributed by atoms with Crippen LogP contribution in [0.3, 0.4) is 0 Å². The number of fused-ring (bicyclic) bond motifs is 1. The van der Waals surface area contributed by atoms with Crippen LogP contribution in [0, 0.1) is 0 Å². The van der Waals surface area contributed by atoms with Gasteiger partial charge in [-0.3, -0.25) is 14.0 Å². The van der Waals surface area contributed by atoms with Gasteiger partial charge < -0.3 is 15.1 Å². The van der Waals surface area contributed by atoms with Crippen LogP contribution in [-0.2, 0) is 17.4 Å². The molecular formula is C17H20ClN5O3. The number of benzene rings is 1. The fraction of sp³-hybridized carbons (Fsp3) is 0.353. The molecule has 1 fully saturated rings. The average Bonchev–Trinajstić information content (AvgIpc) is 3.26. The smallest absolute Gasteiger partial charge is 0.408 e. The molecule has 0 unspecified atom stereocenters. The number of amides is 1. The van der Waals surface area contributed by atoms with Gasteiger partial charge in [-0.25, -0.2) is 4.79 Å². The SMILES string of the molecule is Cl.Cn1c(=O)oc2ccc(NC(=O)C3(n4cccn4)CCNCC3)cc21. The third kappa shape index (κ3) is 2.91. The van der Waals surface area contributed by atoms with Crippen LogP contribution in [0.2, 0.25) is 0 Å². The Labute approximate surface area is 155 Å². The number of carbonyl (C=O) groups excluding carboxylic acids is 1. The van der Waals surface area contributed by atoms with Crippen LogP contribution in [0.15, 0.2) is 45.9 Å². The number of rotatable bonds is 3. The first kappa shape index (κ1) is 18.2. The quantitative estimate of drug-likeness (QED) is 0.720. The van der Waals surface area contributed by atoms with Crippen molar-refractivity contribution in [2.75, 3.05) is 18.4 Å². The summed E-state index contributed by atoms with van der Waals surface area (Å²) in [6.45, 7) is 1.51. The average molecular weight is 378 g/mol. The first-order chi connectivity index (χ1) is 12.1. The number of carbonyl (C=O) groups is 1. The molecule has 0 radical (unpaired) electrons. The van der Waals surface area contributed by atoms with Gasteiger partial charge in [-0.2, -0.15) is 5.10 Å². The highest BCUT2D eigenvalue weighted by atomic mass is 35.5. The zero-order valence-corrected chi connectivity index (χ0v) is 15.1. The number of aryl methyl sites for hydroxylation is 1. The standard InChI is InChI=1S/C17H19N5O3.ClH/c1-21-13-11-12(3-4-14(13)25-16(21)24)20-15(23)17(5-8-18-9-6-17)22-10-2-7-19-22;/h2-4,7,10-11,18H,5-6,8-9H2,1H3,(H,20,23);1H. The zero-order chi connectivity index (χ0) is 17.4. The first-order valence-corrected chi connectivity index (χ1v) is 8.22. The number of halogens is 1. The molecule has 0 aliphatic carbocycles. The zero-order valence-electron chi connectivity index (χ0n) is 14.3. The lowest BCUT2D eigenvalue weighted by Gasteiger charge is -2.36. The van der Waals surface area contributed by atoms with E-state index in [1.165, 1.54) is 4.57 Å². The fourth-order valence-corrected chi connectivity index (χ4v) is 3.37. The van der Waals surface area contributed by atoms with E-state index in [1.54, 1.807) is 36.1 Å². The van der Waals surface area contributed by atoms with Gasteiger partial charge in [-0.1, -0.05) is 0 Å². The maximum atomic E-state index is 13.1. The minimum atomic E-state index is -0.716. The predicted octanol–water partition coefficient (Wildman–Crippen LogP) is 1.47. The van der Waals surface area contributed by atoms with Gasteiger partial charge in [-0.05, 0) is 50.2 Å². The van der Waals surface area contributed by atoms with Crippen LogP contribution in [0.5, 0.6) is 0 Å². The van der Waals surface area contributed by atoms with E-state index in [0.717, 1.165) is 13.1 Å². The van der Waals surface area contributed by atoms with Gasteiger partial charge >= 0.3 is 5.76 Å². The summed E-state index contributed by atoms with van der Waals surface area (Å²) in [5.74, 6) is -0.532. The minimum absolute atomic E-state index is 0. The third-order valence-electron chi connectivity index (χ3n) is 4.85. The number of anilines is 1. The Balaban J connectivity index is 0.00000196. The number of nitrogens with zero attached hydrogens (tertiary/aromatic N) is 3. The molecule has 2 aromatic heterocycles. The highest BCUT2D eigenvalue weighted by molar-refractivity contribution is 5.98. The molecule has 1 amide bonds. The summed E-state index contributed by atoms with van der Waals surface area (Å²) in [6, 6.07) is 7.00. The van der Waals surface area contributed by atoms with Crippen LogP contribution in [0.4, 0.5) is 5.69 Å². The fourth-order valence-electron chi connectivity index (χ4n) is 3.37. The van der Waals surface area contributed by atoms with Crippen molar-refractivity contribution in [1.82, 2.24) is 19.7 Å². The lowest BCUT2D eigenvalue weighted by atomic mass is 9.87. The Kier molecular flexibility index (Phi) is 4.88. The van der Waals surface area contributed by atoms with E-state index < -0.39 is 11.3 Å². The molecule has 1 saturated heterocycles. The highest BCUT2D eigenvalue weighted by Gasteiger charge is 2.42. The van der Waals surface area contributed by atoms with Gasteiger partial charge in [0.1, 0.15) is 5.54 Å². The molecule has 0 atom stereocenters. The molecule has 1 aromatic carbocycles. The van der Waals surface area contributed by atoms with Crippen LogP contribution in [-0.4, -0.2) is 33.3 Å². The lowest BCUT2D eigenvalue weighted by molar-refractivity contribution is -0.126. The molecule has 0 bridgehead atoms. The maximum Gasteiger partial charge on any atom is 0.419 e. The van der Waals surface area contributed by atoms with Crippen molar-refractivity contribution in [1.29, 1.82) is 0 Å². The summed E-state index contributed by atoms with van der Waals surface area (Å²) < 4.78 is 8.29. The Hall–Kier alpha value is -2.58. The van der Waals surface area contributed by atoms with Gasteiger partial charge in [-0.15, -0.1) is 12.4 Å². The third-order valence-corrected chi connectivity index (χ3v) is 4.85. The van der Waals surface area contributed by atoms with Crippen LogP contribution >= 0.6 is 12.4 Å². The summed E-state index contributed by atoms with van der Waals surface area (Å²) in [5, 5.41) is 10.6. The van der Waals surface area contributed by atoms with Gasteiger partial charge in [0.2, 0.25) is 0 Å². The van der Waals surface area contributed by atoms with E-state index in [1.807, 2.05) is 12.3 Å². The molecule has 0 spiro atoms. The summed E-state index contributed by atoms with van der Waals surface area (Å²) in [4.78, 5) is 24.7. The molecule has 8 nitrogen and oxygen atoms in total. The molecule has 1 aliphatic rings. The first-order valence-electron chi connectivity index (χ1n) is 8.22. The minimum Gasteiger partial charge on any atom is -0.408 e. The number of aromatic nitrogens is 3. The molecule has 26 heavy (non-hydrogen) atoms. The molecule has 3 heterocycles. The van der Waals surface area contributed by atoms with E-state index in [9.17, 15) is 9.59 Å². The Morgan fingerprint density at radius 3 is 2.81 bits per heavy atom. The maximum absolute atomic E-state index is 13.1. The van der Waals surface area contributed by atoms with Gasteiger partial charge in [0.25, 0.3) is 5.91 Å². The monoisotopic (exact) mass is 377 g/mol. The molecule has 0 saturated carbocycles. The molecular weight excluding hydrogens is 358 g/mol. The summed E-state index contributed by atoms with van der Waals surface area (Å²) in [6.07, 6.45) is 4.83. The Bertz CT molecular complexity index is 970. The van der Waals surface area contributed by atoms with E-state index in [-0.39, 0.29) is 18.3 Å². The van der Waals surface area contributed by atoms with Crippen LogP contribution in [0.1, 0.15) is 12.8 Å². The van der Waals surface area contributed by atoms with Crippen molar-refractivity contribution in [3.8, 4) is 0 Å². The van der Waals surface area contributed by atoms with Crippen molar-refractivity contribution in [2.24, 2.45) is 7.05 Å². The second-order valence-corrected chi connectivity index (χ2v) is 6.30. The van der Waals surface area contributed by atoms with Gasteiger partial charge in [0.05, 0.1) is 5.52 Å². The summed E-state index contributed by atoms with van der Waals surface area (Å²) in [7, 11) is 1.64. The van der Waals surface area contributed by atoms with E-state index in [4.69, 9.17) is 4.42 Å². The number of hydrogen-bond donors (Lipinski definition) is 2. The number of nitrogens with one attached hydrogen (secondary N) is 2. The number of oxazole rings is 1. The normalized spacial score (nSPS) is 16.2. The molecule has 4 rings (SSSR count). The van der Waals surface area contributed by atoms with Crippen molar-refractivity contribution < 1.29 is 9.21 Å². The molecule has 1 aliphatic heterocycles. The Morgan fingerprint density at radius 1 is 1.35 bits per heavy atom. The van der Waals surface area contributed by atoms with Crippen molar-refractivity contribution in [2.45, 2.75) is 18.4 Å². The molecule has 3 aromatic rings. The largest absolute Gasteiger partial charge is 0.419 e. The number of piperidine rings is 1. The summed E-state index contributed by atoms with van der Waals surface area (Å²) >= 11 is 0. The van der Waals surface area contributed by atoms with Crippen LogP contribution < -0.4 is 16.4 Å². The number of hydrogen-bond acceptors (Lipinski definition) is 5.